The Morgan fingerprint density at radius 2 is 2.40 bits per heavy atom. The number of thioether (sulfide) groups is 1. The van der Waals surface area contributed by atoms with Gasteiger partial charge >= 0.3 is 0 Å². The number of carboxylic acids is 1. The highest BCUT2D eigenvalue weighted by atomic mass is 32.2. The summed E-state index contributed by atoms with van der Waals surface area (Å²) in [5.41, 5.74) is 4.18. The lowest BCUT2D eigenvalue weighted by Crippen LogP contribution is -2.83. The van der Waals surface area contributed by atoms with Crippen LogP contribution in [-0.2, 0) is 9.59 Å². The second-order valence-electron chi connectivity index (χ2n) is 3.38. The van der Waals surface area contributed by atoms with E-state index in [9.17, 15) is 14.7 Å². The van der Waals surface area contributed by atoms with E-state index in [2.05, 4.69) is 12.3 Å². The first kappa shape index (κ1) is 10.3. The highest BCUT2D eigenvalue weighted by Gasteiger charge is 2.52. The Morgan fingerprint density at radius 1 is 1.73 bits per heavy atom. The van der Waals surface area contributed by atoms with E-state index in [4.69, 9.17) is 0 Å². The van der Waals surface area contributed by atoms with Crippen LogP contribution >= 0.6 is 11.8 Å². The summed E-state index contributed by atoms with van der Waals surface area (Å²) < 4.78 is 0. The van der Waals surface area contributed by atoms with Gasteiger partial charge in [-0.05, 0) is 5.57 Å². The second-order valence-corrected chi connectivity index (χ2v) is 4.49. The maximum absolute atomic E-state index is 11.5. The van der Waals surface area contributed by atoms with Crippen LogP contribution in [0.5, 0.6) is 0 Å². The molecular formula is C9H10N2O3S. The lowest BCUT2D eigenvalue weighted by atomic mass is 10.0. The largest absolute Gasteiger partial charge is 0.543 e. The summed E-state index contributed by atoms with van der Waals surface area (Å²) in [5.74, 6) is -1.05. The van der Waals surface area contributed by atoms with Crippen molar-refractivity contribution in [3.05, 3.63) is 23.9 Å². The van der Waals surface area contributed by atoms with Crippen molar-refractivity contribution in [2.45, 2.75) is 11.4 Å². The summed E-state index contributed by atoms with van der Waals surface area (Å²) in [4.78, 5) is 23.6. The van der Waals surface area contributed by atoms with Crippen molar-refractivity contribution in [1.82, 2.24) is 4.90 Å². The molecule has 1 amide bonds. The number of rotatable bonds is 2. The first-order valence-electron chi connectivity index (χ1n) is 4.42. The number of allylic oxidation sites excluding steroid dienone is 1. The van der Waals surface area contributed by atoms with E-state index in [-0.39, 0.29) is 23.0 Å². The highest BCUT2D eigenvalue weighted by Crippen LogP contribution is 2.38. The van der Waals surface area contributed by atoms with Gasteiger partial charge in [0.05, 0.1) is 11.7 Å². The van der Waals surface area contributed by atoms with E-state index in [0.29, 0.717) is 11.3 Å². The van der Waals surface area contributed by atoms with Crippen molar-refractivity contribution in [2.75, 3.05) is 5.75 Å². The number of carbonyl (C=O) groups is 2. The maximum Gasteiger partial charge on any atom is 0.289 e. The lowest BCUT2D eigenvalue weighted by molar-refractivity contribution is -0.424. The first-order chi connectivity index (χ1) is 7.07. The van der Waals surface area contributed by atoms with Crippen LogP contribution in [0.4, 0.5) is 0 Å². The number of hydrogen-bond donors (Lipinski definition) is 1. The fourth-order valence-electron chi connectivity index (χ4n) is 1.74. The highest BCUT2D eigenvalue weighted by molar-refractivity contribution is 8.00. The molecule has 6 heteroatoms. The number of amides is 1. The van der Waals surface area contributed by atoms with Gasteiger partial charge in [0.15, 0.2) is 6.04 Å². The molecule has 0 aliphatic carbocycles. The fraction of sp³-hybridized carbons (Fsp3) is 0.333. The average Bonchev–Trinajstić information content (AvgIpc) is 2.25. The number of β-lactam (4-membered cyclic amide) rings is 1. The third-order valence-electron chi connectivity index (χ3n) is 2.55. The third kappa shape index (κ3) is 1.29. The standard InChI is InChI=1S/C9H10N2O3S/c1-2-4-3-15-8-5(10)7(12)11(8)6(4)9(13)14/h2,5,8H,1,3,10H2,(H,13,14)/t5-,8-/m0/s1. The molecule has 0 saturated carbocycles. The Labute approximate surface area is 90.6 Å². The monoisotopic (exact) mass is 226 g/mol. The molecule has 2 rings (SSSR count). The van der Waals surface area contributed by atoms with Gasteiger partial charge in [-0.25, -0.2) is 0 Å². The summed E-state index contributed by atoms with van der Waals surface area (Å²) in [6, 6.07) is -0.351. The summed E-state index contributed by atoms with van der Waals surface area (Å²) in [7, 11) is 0. The summed E-state index contributed by atoms with van der Waals surface area (Å²) in [6.45, 7) is 3.53. The number of hydrogen-bond acceptors (Lipinski definition) is 4. The van der Waals surface area contributed by atoms with Crippen molar-refractivity contribution in [2.24, 2.45) is 0 Å². The summed E-state index contributed by atoms with van der Waals surface area (Å²) in [6.07, 6.45) is 1.46. The zero-order chi connectivity index (χ0) is 11.2. The van der Waals surface area contributed by atoms with E-state index >= 15 is 0 Å². The van der Waals surface area contributed by atoms with Crippen LogP contribution in [0, 0.1) is 0 Å². The van der Waals surface area contributed by atoms with Gasteiger partial charge in [0.1, 0.15) is 5.37 Å². The molecule has 0 aromatic carbocycles. The molecule has 0 bridgehead atoms. The van der Waals surface area contributed by atoms with E-state index < -0.39 is 5.97 Å². The molecule has 2 heterocycles. The molecular weight excluding hydrogens is 216 g/mol. The van der Waals surface area contributed by atoms with Crippen molar-refractivity contribution < 1.29 is 20.4 Å². The topological polar surface area (TPSA) is 88.1 Å². The van der Waals surface area contributed by atoms with E-state index in [1.807, 2.05) is 0 Å². The third-order valence-corrected chi connectivity index (χ3v) is 3.91. The van der Waals surface area contributed by atoms with E-state index in [0.717, 1.165) is 0 Å². The van der Waals surface area contributed by atoms with Crippen LogP contribution in [0.1, 0.15) is 0 Å². The molecule has 0 aromatic rings. The molecule has 2 aliphatic rings. The Morgan fingerprint density at radius 3 is 2.93 bits per heavy atom. The van der Waals surface area contributed by atoms with Gasteiger partial charge in [0, 0.05) is 5.75 Å². The Bertz CT molecular complexity index is 391. The van der Waals surface area contributed by atoms with Gasteiger partial charge < -0.3 is 15.6 Å². The Balaban J connectivity index is 2.42. The van der Waals surface area contributed by atoms with Crippen LogP contribution in [0.3, 0.4) is 0 Å². The smallest absolute Gasteiger partial charge is 0.289 e. The molecule has 2 aliphatic heterocycles. The number of nitrogens with zero attached hydrogens (tertiary/aromatic N) is 1. The summed E-state index contributed by atoms with van der Waals surface area (Å²) >= 11 is 1.50. The van der Waals surface area contributed by atoms with Crippen LogP contribution in [0.2, 0.25) is 0 Å². The van der Waals surface area contributed by atoms with Crippen molar-refractivity contribution in [3.8, 4) is 0 Å². The van der Waals surface area contributed by atoms with E-state index in [1.54, 1.807) is 0 Å². The number of aliphatic carboxylic acids is 1. The molecule has 80 valence electrons. The normalized spacial score (nSPS) is 29.7. The quantitative estimate of drug-likeness (QED) is 0.536. The number of quaternary nitrogens is 1. The SMILES string of the molecule is C=CC1=C(C(=O)[O-])N2C(=O)[C@H]([NH3+])[C@@H]2SC1. The van der Waals surface area contributed by atoms with Crippen LogP contribution < -0.4 is 10.8 Å². The number of carboxylic acid groups (broad SMARTS) is 1. The molecule has 0 spiro atoms. The second kappa shape index (κ2) is 3.39. The van der Waals surface area contributed by atoms with Crippen molar-refractivity contribution in [1.29, 1.82) is 0 Å². The van der Waals surface area contributed by atoms with Crippen LogP contribution in [0.25, 0.3) is 0 Å². The van der Waals surface area contributed by atoms with Gasteiger partial charge in [0.2, 0.25) is 0 Å². The Hall–Kier alpha value is -1.27. The molecule has 1 fully saturated rings. The van der Waals surface area contributed by atoms with Gasteiger partial charge in [-0.2, -0.15) is 0 Å². The predicted octanol–water partition coefficient (Wildman–Crippen LogP) is -2.30. The zero-order valence-electron chi connectivity index (χ0n) is 7.93. The molecule has 0 radical (unpaired) electrons. The van der Waals surface area contributed by atoms with Crippen LogP contribution in [-0.4, -0.2) is 33.9 Å². The van der Waals surface area contributed by atoms with E-state index in [1.165, 1.54) is 22.7 Å². The van der Waals surface area contributed by atoms with Crippen molar-refractivity contribution >= 4 is 23.6 Å². The molecule has 0 aromatic heterocycles. The molecule has 5 nitrogen and oxygen atoms in total. The molecule has 3 N–H and O–H groups in total. The Kier molecular flexibility index (Phi) is 2.32. The predicted molar refractivity (Wildman–Crippen MR) is 52.0 cm³/mol. The molecule has 1 saturated heterocycles. The minimum Gasteiger partial charge on any atom is -0.543 e. The number of carbonyl (C=O) groups excluding carboxylic acids is 2. The van der Waals surface area contributed by atoms with Crippen LogP contribution in [0.15, 0.2) is 23.9 Å². The summed E-state index contributed by atoms with van der Waals surface area (Å²) in [5, 5.41) is 10.8. The van der Waals surface area contributed by atoms with Gasteiger partial charge in [0.25, 0.3) is 5.91 Å². The van der Waals surface area contributed by atoms with Gasteiger partial charge in [-0.1, -0.05) is 12.7 Å². The molecule has 15 heavy (non-hydrogen) atoms. The minimum atomic E-state index is -1.32. The fourth-order valence-corrected chi connectivity index (χ4v) is 3.05. The number of fused-ring (bicyclic) bond motifs is 1. The maximum atomic E-state index is 11.5. The van der Waals surface area contributed by atoms with Gasteiger partial charge in [-0.15, -0.1) is 11.8 Å². The molecule has 0 unspecified atom stereocenters. The van der Waals surface area contributed by atoms with Crippen molar-refractivity contribution in [3.63, 3.8) is 0 Å². The van der Waals surface area contributed by atoms with Gasteiger partial charge in [-0.3, -0.25) is 9.69 Å². The minimum absolute atomic E-state index is 0.0429. The first-order valence-corrected chi connectivity index (χ1v) is 5.47. The molecule has 2 atom stereocenters. The zero-order valence-corrected chi connectivity index (χ0v) is 8.75. The lowest BCUT2D eigenvalue weighted by Gasteiger charge is -2.46. The average molecular weight is 226 g/mol.